The van der Waals surface area contributed by atoms with E-state index in [9.17, 15) is 0 Å². The van der Waals surface area contributed by atoms with Gasteiger partial charge in [-0.15, -0.1) is 0 Å². The van der Waals surface area contributed by atoms with Crippen molar-refractivity contribution < 1.29 is 0 Å². The van der Waals surface area contributed by atoms with Crippen molar-refractivity contribution in [1.29, 1.82) is 0 Å². The number of H-pyrrole nitrogens is 1. The zero-order valence-corrected chi connectivity index (χ0v) is 8.68. The number of nitrogens with one attached hydrogen (secondary N) is 1. The lowest BCUT2D eigenvalue weighted by molar-refractivity contribution is 0.646. The Morgan fingerprint density at radius 2 is 2.15 bits per heavy atom. The van der Waals surface area contributed by atoms with Crippen molar-refractivity contribution in [2.45, 2.75) is 33.1 Å². The van der Waals surface area contributed by atoms with E-state index in [4.69, 9.17) is 0 Å². The Balaban J connectivity index is 2.86. The van der Waals surface area contributed by atoms with Crippen LogP contribution in [0.5, 0.6) is 0 Å². The minimum absolute atomic E-state index is 0.173. The maximum Gasteiger partial charge on any atom is 0.123 e. The molecule has 0 aliphatic carbocycles. The average Bonchev–Trinajstić information content (AvgIpc) is 2.53. The van der Waals surface area contributed by atoms with E-state index in [1.807, 2.05) is 6.20 Å². The molecule has 0 unspecified atom stereocenters. The van der Waals surface area contributed by atoms with Gasteiger partial charge in [0.15, 0.2) is 0 Å². The third kappa shape index (κ3) is 2.62. The predicted octanol–water partition coefficient (Wildman–Crippen LogP) is 2.35. The Kier molecular flexibility index (Phi) is 2.77. The van der Waals surface area contributed by atoms with Crippen LogP contribution >= 0.6 is 0 Å². The van der Waals surface area contributed by atoms with Crippen LogP contribution in [0.2, 0.25) is 0 Å². The molecule has 0 amide bonds. The zero-order valence-electron chi connectivity index (χ0n) is 8.68. The molecule has 1 N–H and O–H groups in total. The van der Waals surface area contributed by atoms with E-state index in [0.717, 1.165) is 5.82 Å². The summed E-state index contributed by atoms with van der Waals surface area (Å²) in [7, 11) is 0. The number of hydrogen-bond acceptors (Lipinski definition) is 1. The highest BCUT2D eigenvalue weighted by Crippen LogP contribution is 2.17. The molecule has 0 aliphatic rings. The smallest absolute Gasteiger partial charge is 0.123 e. The van der Waals surface area contributed by atoms with E-state index >= 15 is 0 Å². The summed E-state index contributed by atoms with van der Waals surface area (Å²) < 4.78 is 0. The second-order valence-corrected chi connectivity index (χ2v) is 3.99. The van der Waals surface area contributed by atoms with E-state index in [-0.39, 0.29) is 5.41 Å². The predicted molar refractivity (Wildman–Crippen MR) is 54.2 cm³/mol. The normalized spacial score (nSPS) is 11.2. The third-order valence-electron chi connectivity index (χ3n) is 1.76. The second kappa shape index (κ2) is 3.66. The van der Waals surface area contributed by atoms with Gasteiger partial charge in [0.25, 0.3) is 0 Å². The van der Waals surface area contributed by atoms with Crippen molar-refractivity contribution in [3.8, 4) is 11.8 Å². The Morgan fingerprint density at radius 1 is 1.46 bits per heavy atom. The molecule has 1 heterocycles. The Morgan fingerprint density at radius 3 is 2.62 bits per heavy atom. The van der Waals surface area contributed by atoms with E-state index in [2.05, 4.69) is 49.5 Å². The summed E-state index contributed by atoms with van der Waals surface area (Å²) in [4.78, 5) is 7.30. The number of rotatable bonds is 1. The van der Waals surface area contributed by atoms with E-state index in [1.54, 1.807) is 6.20 Å². The van der Waals surface area contributed by atoms with E-state index in [0.29, 0.717) is 5.92 Å². The summed E-state index contributed by atoms with van der Waals surface area (Å²) in [5, 5.41) is 0. The van der Waals surface area contributed by atoms with Gasteiger partial charge in [-0.2, -0.15) is 0 Å². The van der Waals surface area contributed by atoms with Crippen molar-refractivity contribution >= 4 is 0 Å². The lowest BCUT2D eigenvalue weighted by Crippen LogP contribution is -2.16. The molecule has 2 nitrogen and oxygen atoms in total. The van der Waals surface area contributed by atoms with Crippen molar-refractivity contribution in [2.75, 3.05) is 0 Å². The maximum atomic E-state index is 4.21. The highest BCUT2D eigenvalue weighted by Gasteiger charge is 2.19. The standard InChI is InChI=1S/C11H16N2/c1-9(2)5-6-11(3,4)10-12-7-8-13-10/h7-9H,1-4H3,(H,12,13). The highest BCUT2D eigenvalue weighted by molar-refractivity contribution is 5.23. The van der Waals surface area contributed by atoms with Crippen molar-refractivity contribution in [1.82, 2.24) is 9.97 Å². The molecule has 1 aromatic heterocycles. The monoisotopic (exact) mass is 176 g/mol. The van der Waals surface area contributed by atoms with E-state index in [1.165, 1.54) is 0 Å². The largest absolute Gasteiger partial charge is 0.347 e. The molecule has 0 saturated carbocycles. The third-order valence-corrected chi connectivity index (χ3v) is 1.76. The first-order valence-electron chi connectivity index (χ1n) is 4.55. The van der Waals surface area contributed by atoms with Crippen LogP contribution in [0.25, 0.3) is 0 Å². The topological polar surface area (TPSA) is 28.7 Å². The van der Waals surface area contributed by atoms with Crippen LogP contribution in [-0.2, 0) is 5.41 Å². The lowest BCUT2D eigenvalue weighted by atomic mass is 9.93. The fraction of sp³-hybridized carbons (Fsp3) is 0.545. The van der Waals surface area contributed by atoms with Crippen LogP contribution in [0, 0.1) is 17.8 Å². The van der Waals surface area contributed by atoms with Gasteiger partial charge in [-0.1, -0.05) is 25.7 Å². The maximum absolute atomic E-state index is 4.21. The van der Waals surface area contributed by atoms with Crippen LogP contribution in [-0.4, -0.2) is 9.97 Å². The first kappa shape index (κ1) is 9.85. The molecule has 0 atom stereocenters. The summed E-state index contributed by atoms with van der Waals surface area (Å²) in [6.07, 6.45) is 3.59. The van der Waals surface area contributed by atoms with Crippen LogP contribution in [0.3, 0.4) is 0 Å². The fourth-order valence-corrected chi connectivity index (χ4v) is 0.991. The van der Waals surface area contributed by atoms with Crippen molar-refractivity contribution in [3.63, 3.8) is 0 Å². The van der Waals surface area contributed by atoms with Crippen LogP contribution in [0.1, 0.15) is 33.5 Å². The summed E-state index contributed by atoms with van der Waals surface area (Å²) in [6.45, 7) is 8.32. The molecule has 1 rings (SSSR count). The molecular weight excluding hydrogens is 160 g/mol. The number of hydrogen-bond donors (Lipinski definition) is 1. The molecule has 0 bridgehead atoms. The molecule has 2 heteroatoms. The molecule has 0 aliphatic heterocycles. The minimum Gasteiger partial charge on any atom is -0.347 e. The fourth-order valence-electron chi connectivity index (χ4n) is 0.991. The number of aromatic nitrogens is 2. The number of aromatic amines is 1. The first-order valence-corrected chi connectivity index (χ1v) is 4.55. The van der Waals surface area contributed by atoms with Gasteiger partial charge >= 0.3 is 0 Å². The average molecular weight is 176 g/mol. The van der Waals surface area contributed by atoms with Gasteiger partial charge in [0.1, 0.15) is 5.82 Å². The van der Waals surface area contributed by atoms with Gasteiger partial charge in [-0.3, -0.25) is 0 Å². The van der Waals surface area contributed by atoms with Crippen molar-refractivity contribution in [3.05, 3.63) is 18.2 Å². The van der Waals surface area contributed by atoms with Crippen LogP contribution in [0.4, 0.5) is 0 Å². The van der Waals surface area contributed by atoms with Gasteiger partial charge in [-0.05, 0) is 13.8 Å². The number of nitrogens with zero attached hydrogens (tertiary/aromatic N) is 1. The summed E-state index contributed by atoms with van der Waals surface area (Å²) in [5.41, 5.74) is -0.173. The summed E-state index contributed by atoms with van der Waals surface area (Å²) in [5.74, 6) is 7.72. The van der Waals surface area contributed by atoms with Crippen molar-refractivity contribution in [2.24, 2.45) is 5.92 Å². The molecule has 0 radical (unpaired) electrons. The van der Waals surface area contributed by atoms with Crippen LogP contribution in [0.15, 0.2) is 12.4 Å². The quantitative estimate of drug-likeness (QED) is 0.654. The number of imidazole rings is 1. The molecule has 0 aromatic carbocycles. The molecule has 70 valence electrons. The van der Waals surface area contributed by atoms with Gasteiger partial charge in [0, 0.05) is 18.3 Å². The molecule has 0 fully saturated rings. The minimum atomic E-state index is -0.173. The Hall–Kier alpha value is -1.23. The Bertz CT molecular complexity index is 310. The van der Waals surface area contributed by atoms with E-state index < -0.39 is 0 Å². The molecule has 1 aromatic rings. The molecule has 0 saturated heterocycles. The van der Waals surface area contributed by atoms with Crippen LogP contribution < -0.4 is 0 Å². The first-order chi connectivity index (χ1) is 6.02. The highest BCUT2D eigenvalue weighted by atomic mass is 14.9. The zero-order chi connectivity index (χ0) is 9.90. The molecular formula is C11H16N2. The summed E-state index contributed by atoms with van der Waals surface area (Å²) >= 11 is 0. The van der Waals surface area contributed by atoms with Gasteiger partial charge < -0.3 is 4.98 Å². The second-order valence-electron chi connectivity index (χ2n) is 3.99. The lowest BCUT2D eigenvalue weighted by Gasteiger charge is -2.13. The van der Waals surface area contributed by atoms with Gasteiger partial charge in [-0.25, -0.2) is 4.98 Å². The molecule has 0 spiro atoms. The SMILES string of the molecule is CC(C)C#CC(C)(C)c1ncc[nH]1. The van der Waals surface area contributed by atoms with Gasteiger partial charge in [0.2, 0.25) is 0 Å². The Labute approximate surface area is 79.8 Å². The summed E-state index contributed by atoms with van der Waals surface area (Å²) in [6, 6.07) is 0. The molecule has 13 heavy (non-hydrogen) atoms. The van der Waals surface area contributed by atoms with Gasteiger partial charge in [0.05, 0.1) is 5.41 Å².